The highest BCUT2D eigenvalue weighted by atomic mass is 32.2. The standard InChI is InChI=1S/C21H19O3S/c1-23-17-10-14-20(15-11-17)25(18-6-4-3-5-7-18)19-12-8-16(9-13-19)21(22)24-2/h3-15H,1-2H3/q+1. The van der Waals surface area contributed by atoms with Crippen LogP contribution in [0, 0.1) is 0 Å². The van der Waals surface area contributed by atoms with E-state index in [0.717, 1.165) is 10.6 Å². The Hall–Kier alpha value is -2.72. The lowest BCUT2D eigenvalue weighted by Gasteiger charge is -2.09. The molecule has 0 saturated carbocycles. The molecule has 0 bridgehead atoms. The van der Waals surface area contributed by atoms with Gasteiger partial charge in [0.2, 0.25) is 0 Å². The third kappa shape index (κ3) is 3.86. The number of rotatable bonds is 5. The average molecular weight is 351 g/mol. The van der Waals surface area contributed by atoms with E-state index in [0.29, 0.717) is 5.56 Å². The van der Waals surface area contributed by atoms with Gasteiger partial charge in [-0.3, -0.25) is 0 Å². The zero-order valence-electron chi connectivity index (χ0n) is 14.1. The molecule has 3 nitrogen and oxygen atoms in total. The van der Waals surface area contributed by atoms with Crippen molar-refractivity contribution in [2.75, 3.05) is 14.2 Å². The topological polar surface area (TPSA) is 35.5 Å². The molecule has 0 fully saturated rings. The molecule has 0 aliphatic carbocycles. The second kappa shape index (κ2) is 7.90. The van der Waals surface area contributed by atoms with E-state index in [1.807, 2.05) is 54.6 Å². The van der Waals surface area contributed by atoms with Crippen LogP contribution in [0.4, 0.5) is 0 Å². The molecule has 0 aliphatic heterocycles. The van der Waals surface area contributed by atoms with Crippen molar-refractivity contribution in [3.05, 3.63) is 84.4 Å². The first kappa shape index (κ1) is 17.1. The van der Waals surface area contributed by atoms with Gasteiger partial charge < -0.3 is 9.47 Å². The van der Waals surface area contributed by atoms with E-state index in [4.69, 9.17) is 9.47 Å². The van der Waals surface area contributed by atoms with Gasteiger partial charge in [-0.1, -0.05) is 18.2 Å². The maximum atomic E-state index is 11.7. The van der Waals surface area contributed by atoms with Gasteiger partial charge in [-0.15, -0.1) is 0 Å². The van der Waals surface area contributed by atoms with Crippen LogP contribution in [0.15, 0.2) is 93.5 Å². The van der Waals surface area contributed by atoms with Gasteiger partial charge in [-0.25, -0.2) is 4.79 Å². The number of carbonyl (C=O) groups is 1. The second-order valence-electron chi connectivity index (χ2n) is 5.31. The van der Waals surface area contributed by atoms with Crippen LogP contribution in [-0.4, -0.2) is 20.2 Å². The van der Waals surface area contributed by atoms with Crippen molar-refractivity contribution in [3.8, 4) is 5.75 Å². The van der Waals surface area contributed by atoms with Gasteiger partial charge >= 0.3 is 5.97 Å². The number of hydrogen-bond acceptors (Lipinski definition) is 3. The van der Waals surface area contributed by atoms with E-state index in [2.05, 4.69) is 24.3 Å². The fourth-order valence-corrected chi connectivity index (χ4v) is 4.58. The highest BCUT2D eigenvalue weighted by molar-refractivity contribution is 7.97. The molecule has 25 heavy (non-hydrogen) atoms. The molecule has 0 heterocycles. The van der Waals surface area contributed by atoms with E-state index in [9.17, 15) is 4.79 Å². The quantitative estimate of drug-likeness (QED) is 0.499. The van der Waals surface area contributed by atoms with Gasteiger partial charge in [0.25, 0.3) is 0 Å². The van der Waals surface area contributed by atoms with Crippen molar-refractivity contribution in [2.45, 2.75) is 14.7 Å². The van der Waals surface area contributed by atoms with Crippen LogP contribution in [0.1, 0.15) is 10.4 Å². The molecule has 0 amide bonds. The molecule has 4 heteroatoms. The van der Waals surface area contributed by atoms with Crippen molar-refractivity contribution in [1.82, 2.24) is 0 Å². The van der Waals surface area contributed by atoms with Gasteiger partial charge in [-0.2, -0.15) is 0 Å². The van der Waals surface area contributed by atoms with Crippen molar-refractivity contribution in [3.63, 3.8) is 0 Å². The molecule has 1 unspecified atom stereocenters. The first-order valence-electron chi connectivity index (χ1n) is 7.84. The molecule has 126 valence electrons. The Morgan fingerprint density at radius 3 is 1.76 bits per heavy atom. The maximum absolute atomic E-state index is 11.7. The monoisotopic (exact) mass is 351 g/mol. The van der Waals surface area contributed by atoms with Crippen LogP contribution in [0.5, 0.6) is 5.75 Å². The minimum Gasteiger partial charge on any atom is -0.497 e. The summed E-state index contributed by atoms with van der Waals surface area (Å²) in [5.41, 5.74) is 0.553. The number of ether oxygens (including phenoxy) is 2. The number of benzene rings is 3. The molecule has 0 spiro atoms. The van der Waals surface area contributed by atoms with Crippen LogP contribution in [0.2, 0.25) is 0 Å². The summed E-state index contributed by atoms with van der Waals surface area (Å²) in [7, 11) is 2.80. The van der Waals surface area contributed by atoms with Crippen LogP contribution in [0.25, 0.3) is 0 Å². The molecular formula is C21H19O3S+. The van der Waals surface area contributed by atoms with Gasteiger partial charge in [0.05, 0.1) is 30.7 Å². The number of carbonyl (C=O) groups excluding carboxylic acids is 1. The van der Waals surface area contributed by atoms with E-state index < -0.39 is 0 Å². The predicted octanol–water partition coefficient (Wildman–Crippen LogP) is 4.58. The summed E-state index contributed by atoms with van der Waals surface area (Å²) in [4.78, 5) is 15.2. The summed E-state index contributed by atoms with van der Waals surface area (Å²) in [6.07, 6.45) is 0. The lowest BCUT2D eigenvalue weighted by Crippen LogP contribution is -2.06. The van der Waals surface area contributed by atoms with Crippen LogP contribution in [-0.2, 0) is 15.6 Å². The Labute approximate surface area is 150 Å². The Bertz CT molecular complexity index is 827. The van der Waals surface area contributed by atoms with Crippen LogP contribution < -0.4 is 4.74 Å². The summed E-state index contributed by atoms with van der Waals surface area (Å²) in [5.74, 6) is 0.511. The molecule has 0 aromatic heterocycles. The third-order valence-corrected chi connectivity index (χ3v) is 6.02. The number of methoxy groups -OCH3 is 2. The molecule has 0 radical (unpaired) electrons. The Kier molecular flexibility index (Phi) is 5.41. The fourth-order valence-electron chi connectivity index (χ4n) is 2.52. The van der Waals surface area contributed by atoms with E-state index in [1.54, 1.807) is 7.11 Å². The first-order chi connectivity index (χ1) is 12.2. The molecule has 3 aromatic rings. The molecule has 0 aliphatic rings. The van der Waals surface area contributed by atoms with E-state index in [1.165, 1.54) is 16.9 Å². The molecule has 3 aromatic carbocycles. The van der Waals surface area contributed by atoms with Crippen molar-refractivity contribution in [1.29, 1.82) is 0 Å². The van der Waals surface area contributed by atoms with Gasteiger partial charge in [0, 0.05) is 0 Å². The Morgan fingerprint density at radius 1 is 0.720 bits per heavy atom. The SMILES string of the molecule is COC(=O)c1ccc([S+](c2ccccc2)c2ccc(OC)cc2)cc1. The Morgan fingerprint density at radius 2 is 1.24 bits per heavy atom. The normalized spacial score (nSPS) is 11.6. The van der Waals surface area contributed by atoms with Crippen molar-refractivity contribution in [2.24, 2.45) is 0 Å². The van der Waals surface area contributed by atoms with E-state index in [-0.39, 0.29) is 16.9 Å². The van der Waals surface area contributed by atoms with Gasteiger partial charge in [0.1, 0.15) is 5.75 Å². The fraction of sp³-hybridized carbons (Fsp3) is 0.0952. The van der Waals surface area contributed by atoms with Crippen molar-refractivity contribution >= 4 is 16.9 Å². The summed E-state index contributed by atoms with van der Waals surface area (Å²) in [6.45, 7) is 0. The molecular weight excluding hydrogens is 332 g/mol. The first-order valence-corrected chi connectivity index (χ1v) is 9.07. The third-order valence-electron chi connectivity index (χ3n) is 3.79. The number of esters is 1. The lowest BCUT2D eigenvalue weighted by atomic mass is 10.2. The summed E-state index contributed by atoms with van der Waals surface area (Å²) >= 11 is 0. The highest BCUT2D eigenvalue weighted by Crippen LogP contribution is 2.32. The van der Waals surface area contributed by atoms with Crippen molar-refractivity contribution < 1.29 is 14.3 Å². The largest absolute Gasteiger partial charge is 0.497 e. The predicted molar refractivity (Wildman–Crippen MR) is 99.4 cm³/mol. The zero-order chi connectivity index (χ0) is 17.6. The number of hydrogen-bond donors (Lipinski definition) is 0. The smallest absolute Gasteiger partial charge is 0.337 e. The minimum atomic E-state index is -0.324. The maximum Gasteiger partial charge on any atom is 0.337 e. The molecule has 1 atom stereocenters. The van der Waals surface area contributed by atoms with Crippen LogP contribution >= 0.6 is 0 Å². The van der Waals surface area contributed by atoms with Crippen LogP contribution in [0.3, 0.4) is 0 Å². The molecule has 0 N–H and O–H groups in total. The minimum absolute atomic E-state index is 0.256. The lowest BCUT2D eigenvalue weighted by molar-refractivity contribution is 0.0600. The zero-order valence-corrected chi connectivity index (χ0v) is 15.0. The Balaban J connectivity index is 2.03. The van der Waals surface area contributed by atoms with E-state index >= 15 is 0 Å². The molecule has 3 rings (SSSR count). The summed E-state index contributed by atoms with van der Waals surface area (Å²) in [6, 6.07) is 26.1. The summed E-state index contributed by atoms with van der Waals surface area (Å²) < 4.78 is 10.0. The summed E-state index contributed by atoms with van der Waals surface area (Å²) in [5, 5.41) is 0. The second-order valence-corrected chi connectivity index (χ2v) is 7.34. The average Bonchev–Trinajstić information content (AvgIpc) is 2.69. The highest BCUT2D eigenvalue weighted by Gasteiger charge is 2.28. The van der Waals surface area contributed by atoms with Gasteiger partial charge in [0.15, 0.2) is 14.7 Å². The molecule has 0 saturated heterocycles. The van der Waals surface area contributed by atoms with Gasteiger partial charge in [-0.05, 0) is 60.7 Å².